The van der Waals surface area contributed by atoms with Crippen LogP contribution in [0, 0.1) is 5.82 Å². The van der Waals surface area contributed by atoms with Gasteiger partial charge in [0.1, 0.15) is 29.3 Å². The molecule has 0 radical (unpaired) electrons. The number of rotatable bonds is 6. The van der Waals surface area contributed by atoms with Crippen molar-refractivity contribution in [2.45, 2.75) is 19.9 Å². The Morgan fingerprint density at radius 2 is 1.86 bits per heavy atom. The van der Waals surface area contributed by atoms with E-state index >= 15 is 0 Å². The van der Waals surface area contributed by atoms with E-state index in [1.807, 2.05) is 36.4 Å². The van der Waals surface area contributed by atoms with E-state index in [-0.39, 0.29) is 17.8 Å². The maximum absolute atomic E-state index is 13.3. The Labute approximate surface area is 206 Å². The molecule has 0 unspecified atom stereocenters. The molecule has 8 nitrogen and oxygen atoms in total. The SMILES string of the molecule is CC(=O)Nc1nc2c(Nc3cc(N4CCN([C@H](C)c5ccc(F)cc5)CC4)ncn3)cccc2s1. The molecule has 1 atom stereocenters. The molecule has 10 heteroatoms. The molecule has 180 valence electrons. The van der Waals surface area contributed by atoms with Gasteiger partial charge in [0.15, 0.2) is 5.13 Å². The van der Waals surface area contributed by atoms with Crippen molar-refractivity contribution in [3.8, 4) is 0 Å². The summed E-state index contributed by atoms with van der Waals surface area (Å²) in [4.78, 5) is 29.5. The summed E-state index contributed by atoms with van der Waals surface area (Å²) < 4.78 is 14.2. The minimum Gasteiger partial charge on any atom is -0.354 e. The summed E-state index contributed by atoms with van der Waals surface area (Å²) in [5, 5.41) is 6.68. The topological polar surface area (TPSA) is 86.3 Å². The second kappa shape index (κ2) is 9.93. The van der Waals surface area contributed by atoms with E-state index < -0.39 is 0 Å². The zero-order valence-corrected chi connectivity index (χ0v) is 20.3. The van der Waals surface area contributed by atoms with Crippen molar-refractivity contribution in [1.82, 2.24) is 19.9 Å². The van der Waals surface area contributed by atoms with Crippen LogP contribution in [0.3, 0.4) is 0 Å². The summed E-state index contributed by atoms with van der Waals surface area (Å²) in [6.07, 6.45) is 1.56. The first-order valence-corrected chi connectivity index (χ1v) is 12.3. The Morgan fingerprint density at radius 1 is 1.09 bits per heavy atom. The summed E-state index contributed by atoms with van der Waals surface area (Å²) in [7, 11) is 0. The Balaban J connectivity index is 1.27. The summed E-state index contributed by atoms with van der Waals surface area (Å²) in [5.41, 5.74) is 2.72. The minimum absolute atomic E-state index is 0.147. The van der Waals surface area contributed by atoms with Crippen molar-refractivity contribution in [2.75, 3.05) is 41.7 Å². The third-order valence-electron chi connectivity index (χ3n) is 6.16. The van der Waals surface area contributed by atoms with E-state index in [1.165, 1.54) is 30.4 Å². The number of halogens is 1. The molecule has 0 aliphatic carbocycles. The summed E-state index contributed by atoms with van der Waals surface area (Å²) in [6, 6.07) is 14.8. The first-order valence-electron chi connectivity index (χ1n) is 11.5. The Morgan fingerprint density at radius 3 is 2.60 bits per heavy atom. The van der Waals surface area contributed by atoms with Gasteiger partial charge in [0.05, 0.1) is 10.4 Å². The van der Waals surface area contributed by atoms with Gasteiger partial charge < -0.3 is 15.5 Å². The standard InChI is InChI=1S/C25H26FN7OS/c1-16(18-6-8-19(26)9-7-18)32-10-12-33(13-11-32)23-14-22(27-15-28-23)30-20-4-3-5-21-24(20)31-25(35-21)29-17(2)34/h3-9,14-16H,10-13H2,1-2H3,(H,27,28,30)(H,29,31,34)/t16-/m1/s1. The second-order valence-corrected chi connectivity index (χ2v) is 9.52. The van der Waals surface area contributed by atoms with Crippen molar-refractivity contribution in [1.29, 1.82) is 0 Å². The molecule has 2 aromatic heterocycles. The molecule has 0 spiro atoms. The number of hydrogen-bond acceptors (Lipinski definition) is 8. The average molecular weight is 492 g/mol. The van der Waals surface area contributed by atoms with Gasteiger partial charge in [0.2, 0.25) is 5.91 Å². The fraction of sp³-hybridized carbons (Fsp3) is 0.280. The fourth-order valence-electron chi connectivity index (χ4n) is 4.27. The van der Waals surface area contributed by atoms with Crippen molar-refractivity contribution in [3.63, 3.8) is 0 Å². The lowest BCUT2D eigenvalue weighted by Gasteiger charge is -2.38. The number of aromatic nitrogens is 3. The van der Waals surface area contributed by atoms with E-state index in [4.69, 9.17) is 0 Å². The number of nitrogens with one attached hydrogen (secondary N) is 2. The quantitative estimate of drug-likeness (QED) is 0.400. The van der Waals surface area contributed by atoms with Gasteiger partial charge in [-0.3, -0.25) is 9.69 Å². The maximum atomic E-state index is 13.3. The molecule has 5 rings (SSSR count). The number of para-hydroxylation sites is 1. The maximum Gasteiger partial charge on any atom is 0.223 e. The fourth-order valence-corrected chi connectivity index (χ4v) is 5.21. The number of fused-ring (bicyclic) bond motifs is 1. The number of benzene rings is 2. The van der Waals surface area contributed by atoms with E-state index in [0.29, 0.717) is 10.9 Å². The highest BCUT2D eigenvalue weighted by atomic mass is 32.1. The molecule has 1 amide bonds. The third-order valence-corrected chi connectivity index (χ3v) is 7.09. The Hall–Kier alpha value is -3.63. The molecule has 1 saturated heterocycles. The zero-order chi connectivity index (χ0) is 24.4. The molecule has 1 aliphatic rings. The molecule has 1 aliphatic heterocycles. The van der Waals surface area contributed by atoms with Gasteiger partial charge in [0.25, 0.3) is 0 Å². The van der Waals surface area contributed by atoms with Crippen LogP contribution in [-0.2, 0) is 4.79 Å². The van der Waals surface area contributed by atoms with Gasteiger partial charge >= 0.3 is 0 Å². The second-order valence-electron chi connectivity index (χ2n) is 8.49. The molecule has 2 aromatic carbocycles. The number of carbonyl (C=O) groups is 1. The van der Waals surface area contributed by atoms with E-state index in [0.717, 1.165) is 53.5 Å². The first kappa shape index (κ1) is 23.1. The first-order chi connectivity index (χ1) is 17.0. The van der Waals surface area contributed by atoms with Gasteiger partial charge in [-0.05, 0) is 36.8 Å². The molecule has 4 aromatic rings. The number of thiazole rings is 1. The summed E-state index contributed by atoms with van der Waals surface area (Å²) in [5.74, 6) is 1.18. The minimum atomic E-state index is -0.210. The van der Waals surface area contributed by atoms with Gasteiger partial charge in [-0.1, -0.05) is 29.5 Å². The molecule has 2 N–H and O–H groups in total. The molecule has 35 heavy (non-hydrogen) atoms. The Kier molecular flexibility index (Phi) is 6.56. The van der Waals surface area contributed by atoms with E-state index in [2.05, 4.69) is 42.3 Å². The van der Waals surface area contributed by atoms with Crippen LogP contribution in [0.2, 0.25) is 0 Å². The summed E-state index contributed by atoms with van der Waals surface area (Å²) in [6.45, 7) is 7.07. The number of anilines is 4. The molecule has 0 saturated carbocycles. The van der Waals surface area contributed by atoms with E-state index in [9.17, 15) is 9.18 Å². The van der Waals surface area contributed by atoms with Crippen LogP contribution in [-0.4, -0.2) is 51.9 Å². The molecule has 1 fully saturated rings. The summed E-state index contributed by atoms with van der Waals surface area (Å²) >= 11 is 1.43. The third kappa shape index (κ3) is 5.23. The number of piperazine rings is 1. The van der Waals surface area contributed by atoms with Crippen LogP contribution >= 0.6 is 11.3 Å². The van der Waals surface area contributed by atoms with Crippen LogP contribution in [0.25, 0.3) is 10.2 Å². The normalized spacial score (nSPS) is 15.2. The van der Waals surface area contributed by atoms with Gasteiger partial charge in [-0.25, -0.2) is 19.3 Å². The van der Waals surface area contributed by atoms with Crippen molar-refractivity contribution in [2.24, 2.45) is 0 Å². The zero-order valence-electron chi connectivity index (χ0n) is 19.5. The van der Waals surface area contributed by atoms with Crippen molar-refractivity contribution < 1.29 is 9.18 Å². The predicted octanol–water partition coefficient (Wildman–Crippen LogP) is 4.81. The van der Waals surface area contributed by atoms with Crippen LogP contribution in [0.4, 0.5) is 26.8 Å². The average Bonchev–Trinajstić information content (AvgIpc) is 3.27. The Bertz CT molecular complexity index is 1340. The highest BCUT2D eigenvalue weighted by Gasteiger charge is 2.23. The number of carbonyl (C=O) groups excluding carboxylic acids is 1. The van der Waals surface area contributed by atoms with Crippen molar-refractivity contribution in [3.05, 3.63) is 66.2 Å². The lowest BCUT2D eigenvalue weighted by molar-refractivity contribution is -0.114. The molecule has 0 bridgehead atoms. The van der Waals surface area contributed by atoms with Gasteiger partial charge in [-0.15, -0.1) is 0 Å². The highest BCUT2D eigenvalue weighted by Crippen LogP contribution is 2.32. The lowest BCUT2D eigenvalue weighted by atomic mass is 10.1. The number of nitrogens with zero attached hydrogens (tertiary/aromatic N) is 5. The number of amides is 1. The van der Waals surface area contributed by atoms with Gasteiger partial charge in [0, 0.05) is 45.2 Å². The lowest BCUT2D eigenvalue weighted by Crippen LogP contribution is -2.47. The molecular formula is C25H26FN7OS. The van der Waals surface area contributed by atoms with Crippen LogP contribution < -0.4 is 15.5 Å². The smallest absolute Gasteiger partial charge is 0.223 e. The monoisotopic (exact) mass is 491 g/mol. The highest BCUT2D eigenvalue weighted by molar-refractivity contribution is 7.22. The number of hydrogen-bond donors (Lipinski definition) is 2. The predicted molar refractivity (Wildman–Crippen MR) is 138 cm³/mol. The van der Waals surface area contributed by atoms with Crippen LogP contribution in [0.15, 0.2) is 54.9 Å². The van der Waals surface area contributed by atoms with E-state index in [1.54, 1.807) is 6.33 Å². The molecular weight excluding hydrogens is 465 g/mol. The van der Waals surface area contributed by atoms with Crippen LogP contribution in [0.5, 0.6) is 0 Å². The largest absolute Gasteiger partial charge is 0.354 e. The van der Waals surface area contributed by atoms with Crippen molar-refractivity contribution >= 4 is 49.9 Å². The molecule has 3 heterocycles. The van der Waals surface area contributed by atoms with Crippen LogP contribution in [0.1, 0.15) is 25.5 Å². The van der Waals surface area contributed by atoms with Gasteiger partial charge in [-0.2, -0.15) is 0 Å².